The van der Waals surface area contributed by atoms with Crippen molar-refractivity contribution in [2.24, 2.45) is 0 Å². The first-order chi connectivity index (χ1) is 9.13. The number of rotatable bonds is 6. The van der Waals surface area contributed by atoms with E-state index in [-0.39, 0.29) is 18.6 Å². The molecule has 0 aromatic carbocycles. The van der Waals surface area contributed by atoms with Gasteiger partial charge in [-0.15, -0.1) is 0 Å². The zero-order valence-corrected chi connectivity index (χ0v) is 11.4. The number of likely N-dealkylation sites (tertiary alicyclic amines) is 1. The number of carbonyl (C=O) groups excluding carboxylic acids is 2. The van der Waals surface area contributed by atoms with Gasteiger partial charge < -0.3 is 14.4 Å². The Morgan fingerprint density at radius 3 is 2.74 bits per heavy atom. The van der Waals surface area contributed by atoms with Gasteiger partial charge in [0, 0.05) is 26.0 Å². The van der Waals surface area contributed by atoms with Crippen LogP contribution in [0.4, 0.5) is 0 Å². The third-order valence-electron chi connectivity index (χ3n) is 3.00. The predicted molar refractivity (Wildman–Crippen MR) is 67.0 cm³/mol. The Labute approximate surface area is 113 Å². The quantitative estimate of drug-likeness (QED) is 0.667. The average molecular weight is 268 g/mol. The summed E-state index contributed by atoms with van der Waals surface area (Å²) in [5.41, 5.74) is 0. The van der Waals surface area contributed by atoms with Gasteiger partial charge in [0.25, 0.3) is 0 Å². The van der Waals surface area contributed by atoms with Crippen LogP contribution in [0.1, 0.15) is 33.1 Å². The lowest BCUT2D eigenvalue weighted by Gasteiger charge is -2.22. The molecule has 1 saturated heterocycles. The van der Waals surface area contributed by atoms with Crippen LogP contribution >= 0.6 is 0 Å². The zero-order chi connectivity index (χ0) is 14.3. The molecule has 6 nitrogen and oxygen atoms in total. The van der Waals surface area contributed by atoms with Crippen LogP contribution in [0, 0.1) is 11.3 Å². The fourth-order valence-corrected chi connectivity index (χ4v) is 2.21. The molecule has 106 valence electrons. The second-order valence-corrected chi connectivity index (χ2v) is 4.39. The molecule has 0 aliphatic carbocycles. The van der Waals surface area contributed by atoms with E-state index in [4.69, 9.17) is 14.7 Å². The lowest BCUT2D eigenvalue weighted by Crippen LogP contribution is -2.41. The molecule has 1 rings (SSSR count). The maximum Gasteiger partial charge on any atom is 0.329 e. The van der Waals surface area contributed by atoms with Crippen LogP contribution in [0.25, 0.3) is 0 Å². The first kappa shape index (κ1) is 15.4. The summed E-state index contributed by atoms with van der Waals surface area (Å²) in [6.07, 6.45) is 1.44. The van der Waals surface area contributed by atoms with Gasteiger partial charge in [-0.25, -0.2) is 4.79 Å². The highest BCUT2D eigenvalue weighted by molar-refractivity contribution is 5.85. The smallest absolute Gasteiger partial charge is 0.329 e. The van der Waals surface area contributed by atoms with E-state index in [9.17, 15) is 9.59 Å². The molecule has 1 heterocycles. The summed E-state index contributed by atoms with van der Waals surface area (Å²) >= 11 is 0. The van der Waals surface area contributed by atoms with Crippen LogP contribution in [0.2, 0.25) is 0 Å². The number of esters is 1. The van der Waals surface area contributed by atoms with E-state index in [0.29, 0.717) is 26.0 Å². The van der Waals surface area contributed by atoms with Gasteiger partial charge in [0.2, 0.25) is 5.91 Å². The number of nitrogens with zero attached hydrogens (tertiary/aromatic N) is 2. The number of amides is 1. The van der Waals surface area contributed by atoms with Gasteiger partial charge in [0.15, 0.2) is 6.61 Å². The third kappa shape index (κ3) is 4.21. The lowest BCUT2D eigenvalue weighted by atomic mass is 10.2. The largest absolute Gasteiger partial charge is 0.449 e. The SMILES string of the molecule is CCCC(=O)N1C[C@H](OCC)C[C@H]1C(=O)OCC#N. The molecule has 0 spiro atoms. The van der Waals surface area contributed by atoms with Crippen molar-refractivity contribution in [3.63, 3.8) is 0 Å². The molecule has 0 aromatic heterocycles. The summed E-state index contributed by atoms with van der Waals surface area (Å²) < 4.78 is 10.3. The number of nitriles is 1. The Bertz CT molecular complexity index is 364. The molecule has 6 heteroatoms. The highest BCUT2D eigenvalue weighted by Crippen LogP contribution is 2.22. The Morgan fingerprint density at radius 1 is 1.42 bits per heavy atom. The number of ether oxygens (including phenoxy) is 2. The summed E-state index contributed by atoms with van der Waals surface area (Å²) in [5.74, 6) is -0.586. The van der Waals surface area contributed by atoms with Gasteiger partial charge in [-0.2, -0.15) is 5.26 Å². The highest BCUT2D eigenvalue weighted by Gasteiger charge is 2.40. The number of hydrogen-bond donors (Lipinski definition) is 0. The van der Waals surface area contributed by atoms with Crippen molar-refractivity contribution in [1.29, 1.82) is 5.26 Å². The zero-order valence-electron chi connectivity index (χ0n) is 11.4. The monoisotopic (exact) mass is 268 g/mol. The van der Waals surface area contributed by atoms with Crippen LogP contribution in [0.3, 0.4) is 0 Å². The maximum atomic E-state index is 12.0. The van der Waals surface area contributed by atoms with Crippen LogP contribution in [-0.4, -0.2) is 48.7 Å². The van der Waals surface area contributed by atoms with E-state index >= 15 is 0 Å². The van der Waals surface area contributed by atoms with E-state index < -0.39 is 12.0 Å². The molecule has 0 radical (unpaired) electrons. The summed E-state index contributed by atoms with van der Waals surface area (Å²) in [6, 6.07) is 1.13. The van der Waals surface area contributed by atoms with Crippen molar-refractivity contribution < 1.29 is 19.1 Å². The van der Waals surface area contributed by atoms with E-state index in [2.05, 4.69) is 0 Å². The van der Waals surface area contributed by atoms with E-state index in [0.717, 1.165) is 6.42 Å². The van der Waals surface area contributed by atoms with Crippen molar-refractivity contribution in [3.05, 3.63) is 0 Å². The fraction of sp³-hybridized carbons (Fsp3) is 0.769. The molecule has 1 aliphatic heterocycles. The van der Waals surface area contributed by atoms with Crippen LogP contribution in [-0.2, 0) is 19.1 Å². The molecule has 1 aliphatic rings. The highest BCUT2D eigenvalue weighted by atomic mass is 16.5. The Kier molecular flexibility index (Phi) is 6.30. The third-order valence-corrected chi connectivity index (χ3v) is 3.00. The topological polar surface area (TPSA) is 79.6 Å². The predicted octanol–water partition coefficient (Wildman–Crippen LogP) is 0.859. The Hall–Kier alpha value is -1.61. The van der Waals surface area contributed by atoms with E-state index in [1.54, 1.807) is 6.07 Å². The van der Waals surface area contributed by atoms with E-state index in [1.807, 2.05) is 13.8 Å². The molecule has 2 atom stereocenters. The van der Waals surface area contributed by atoms with E-state index in [1.165, 1.54) is 4.90 Å². The summed E-state index contributed by atoms with van der Waals surface area (Å²) in [4.78, 5) is 25.3. The van der Waals surface area contributed by atoms with Gasteiger partial charge in [-0.3, -0.25) is 4.79 Å². The fourth-order valence-electron chi connectivity index (χ4n) is 2.21. The minimum atomic E-state index is -0.621. The molecule has 1 amide bonds. The second kappa shape index (κ2) is 7.74. The van der Waals surface area contributed by atoms with Crippen molar-refractivity contribution >= 4 is 11.9 Å². The molecule has 0 unspecified atom stereocenters. The first-order valence-corrected chi connectivity index (χ1v) is 6.58. The normalized spacial score (nSPS) is 22.1. The molecule has 0 saturated carbocycles. The Morgan fingerprint density at radius 2 is 2.16 bits per heavy atom. The minimum Gasteiger partial charge on any atom is -0.449 e. The molecule has 19 heavy (non-hydrogen) atoms. The average Bonchev–Trinajstić information content (AvgIpc) is 2.81. The van der Waals surface area contributed by atoms with Crippen molar-refractivity contribution in [2.45, 2.75) is 45.3 Å². The summed E-state index contributed by atoms with van der Waals surface area (Å²) in [7, 11) is 0. The number of hydrogen-bond acceptors (Lipinski definition) is 5. The van der Waals surface area contributed by atoms with Gasteiger partial charge >= 0.3 is 5.97 Å². The van der Waals surface area contributed by atoms with Gasteiger partial charge in [-0.1, -0.05) is 6.92 Å². The van der Waals surface area contributed by atoms with Gasteiger partial charge in [0.05, 0.1) is 6.10 Å². The second-order valence-electron chi connectivity index (χ2n) is 4.39. The summed E-state index contributed by atoms with van der Waals surface area (Å²) in [6.45, 7) is 4.46. The van der Waals surface area contributed by atoms with Crippen LogP contribution in [0.5, 0.6) is 0 Å². The van der Waals surface area contributed by atoms with Crippen molar-refractivity contribution in [2.75, 3.05) is 19.8 Å². The van der Waals surface area contributed by atoms with Crippen molar-refractivity contribution in [1.82, 2.24) is 4.90 Å². The lowest BCUT2D eigenvalue weighted by molar-refractivity contribution is -0.152. The van der Waals surface area contributed by atoms with Crippen LogP contribution < -0.4 is 0 Å². The minimum absolute atomic E-state index is 0.0661. The molecule has 1 fully saturated rings. The number of carbonyl (C=O) groups is 2. The molecule has 0 aromatic rings. The van der Waals surface area contributed by atoms with Crippen LogP contribution in [0.15, 0.2) is 0 Å². The first-order valence-electron chi connectivity index (χ1n) is 6.58. The molecule has 0 N–H and O–H groups in total. The standard InChI is InChI=1S/C13H20N2O4/c1-3-5-12(16)15-9-10(18-4-2)8-11(15)13(17)19-7-6-14/h10-11H,3-5,7-9H2,1-2H3/t10-,11+/m1/s1. The summed E-state index contributed by atoms with van der Waals surface area (Å²) in [5, 5.41) is 8.42. The molecular weight excluding hydrogens is 248 g/mol. The molecular formula is C13H20N2O4. The van der Waals surface area contributed by atoms with Crippen molar-refractivity contribution in [3.8, 4) is 6.07 Å². The Balaban J connectivity index is 2.70. The maximum absolute atomic E-state index is 12.0. The molecule has 0 bridgehead atoms. The van der Waals surface area contributed by atoms with Gasteiger partial charge in [0.1, 0.15) is 12.1 Å². The van der Waals surface area contributed by atoms with Gasteiger partial charge in [-0.05, 0) is 13.3 Å².